The van der Waals surface area contributed by atoms with Gasteiger partial charge in [0.2, 0.25) is 0 Å². The van der Waals surface area contributed by atoms with Gasteiger partial charge < -0.3 is 15.0 Å². The van der Waals surface area contributed by atoms with Gasteiger partial charge in [-0.1, -0.05) is 20.3 Å². The molecule has 0 radical (unpaired) electrons. The predicted molar refractivity (Wildman–Crippen MR) is 85.0 cm³/mol. The second-order valence-corrected chi connectivity index (χ2v) is 7.71. The maximum atomic E-state index is 5.61. The molecule has 0 aromatic rings. The van der Waals surface area contributed by atoms with Gasteiger partial charge in [0.05, 0.1) is 6.61 Å². The van der Waals surface area contributed by atoms with Crippen LogP contribution in [0.3, 0.4) is 0 Å². The summed E-state index contributed by atoms with van der Waals surface area (Å²) < 4.78 is 5.61. The van der Waals surface area contributed by atoms with E-state index in [1.807, 2.05) is 0 Å². The predicted octanol–water partition coefficient (Wildman–Crippen LogP) is 2.76. The van der Waals surface area contributed by atoms with Gasteiger partial charge in [-0.25, -0.2) is 0 Å². The van der Waals surface area contributed by atoms with Gasteiger partial charge in [-0.2, -0.15) is 0 Å². The standard InChI is InChI=1S/C17H34N2O/c1-17(2)9-5-8-15(16(17)18-3)12-19(4)11-14-7-6-10-20-13-14/h14-16,18H,5-13H2,1-4H3. The Balaban J connectivity index is 1.83. The molecule has 2 aliphatic rings. The Morgan fingerprint density at radius 3 is 2.65 bits per heavy atom. The minimum absolute atomic E-state index is 0.437. The van der Waals surface area contributed by atoms with Gasteiger partial charge in [-0.15, -0.1) is 0 Å². The fourth-order valence-corrected chi connectivity index (χ4v) is 4.47. The quantitative estimate of drug-likeness (QED) is 0.839. The lowest BCUT2D eigenvalue weighted by atomic mass is 9.68. The van der Waals surface area contributed by atoms with E-state index >= 15 is 0 Å². The number of hydrogen-bond donors (Lipinski definition) is 1. The van der Waals surface area contributed by atoms with Crippen LogP contribution in [0.25, 0.3) is 0 Å². The fourth-order valence-electron chi connectivity index (χ4n) is 4.47. The number of rotatable bonds is 5. The van der Waals surface area contributed by atoms with Crippen molar-refractivity contribution in [2.24, 2.45) is 17.3 Å². The van der Waals surface area contributed by atoms with Crippen molar-refractivity contribution in [3.63, 3.8) is 0 Å². The zero-order valence-electron chi connectivity index (χ0n) is 14.0. The maximum Gasteiger partial charge on any atom is 0.0506 e. The largest absolute Gasteiger partial charge is 0.381 e. The molecule has 3 heteroatoms. The van der Waals surface area contributed by atoms with Crippen LogP contribution in [0.4, 0.5) is 0 Å². The molecule has 0 spiro atoms. The third kappa shape index (κ3) is 4.19. The molecule has 2 fully saturated rings. The first-order chi connectivity index (χ1) is 9.53. The summed E-state index contributed by atoms with van der Waals surface area (Å²) in [4.78, 5) is 2.55. The third-order valence-corrected chi connectivity index (χ3v) is 5.39. The minimum atomic E-state index is 0.437. The molecule has 20 heavy (non-hydrogen) atoms. The second kappa shape index (κ2) is 7.24. The van der Waals surface area contributed by atoms with Crippen LogP contribution in [0.2, 0.25) is 0 Å². The van der Waals surface area contributed by atoms with E-state index in [4.69, 9.17) is 4.74 Å². The lowest BCUT2D eigenvalue weighted by Gasteiger charge is -2.45. The highest BCUT2D eigenvalue weighted by molar-refractivity contribution is 4.93. The molecule has 0 aromatic heterocycles. The van der Waals surface area contributed by atoms with Gasteiger partial charge in [-0.05, 0) is 57.0 Å². The van der Waals surface area contributed by atoms with E-state index < -0.39 is 0 Å². The van der Waals surface area contributed by atoms with Crippen LogP contribution in [0.1, 0.15) is 46.0 Å². The van der Waals surface area contributed by atoms with Crippen LogP contribution in [0.5, 0.6) is 0 Å². The first kappa shape index (κ1) is 16.3. The molecule has 3 unspecified atom stereocenters. The SMILES string of the molecule is CNC1C(CN(C)CC2CCCOC2)CCCC1(C)C. The Morgan fingerprint density at radius 2 is 2.00 bits per heavy atom. The molecule has 118 valence electrons. The first-order valence-electron chi connectivity index (χ1n) is 8.46. The lowest BCUT2D eigenvalue weighted by Crippen LogP contribution is -2.51. The summed E-state index contributed by atoms with van der Waals surface area (Å²) in [7, 11) is 4.43. The summed E-state index contributed by atoms with van der Waals surface area (Å²) in [6, 6.07) is 0.654. The van der Waals surface area contributed by atoms with E-state index in [1.165, 1.54) is 45.2 Å². The topological polar surface area (TPSA) is 24.5 Å². The Morgan fingerprint density at radius 1 is 1.20 bits per heavy atom. The summed E-state index contributed by atoms with van der Waals surface area (Å²) in [6.07, 6.45) is 6.70. The van der Waals surface area contributed by atoms with Crippen molar-refractivity contribution in [3.8, 4) is 0 Å². The molecule has 1 saturated carbocycles. The Hall–Kier alpha value is -0.120. The Bertz CT molecular complexity index is 287. The normalized spacial score (nSPS) is 34.4. The van der Waals surface area contributed by atoms with E-state index in [-0.39, 0.29) is 0 Å². The molecular formula is C17H34N2O. The highest BCUT2D eigenvalue weighted by Gasteiger charge is 2.38. The minimum Gasteiger partial charge on any atom is -0.381 e. The highest BCUT2D eigenvalue weighted by Crippen LogP contribution is 2.39. The molecule has 1 N–H and O–H groups in total. The molecule has 0 aromatic carbocycles. The smallest absolute Gasteiger partial charge is 0.0506 e. The fraction of sp³-hybridized carbons (Fsp3) is 1.00. The zero-order valence-corrected chi connectivity index (χ0v) is 14.0. The summed E-state index contributed by atoms with van der Waals surface area (Å²) in [5.41, 5.74) is 0.437. The summed E-state index contributed by atoms with van der Waals surface area (Å²) in [6.45, 7) is 9.22. The van der Waals surface area contributed by atoms with Crippen LogP contribution >= 0.6 is 0 Å². The van der Waals surface area contributed by atoms with Crippen molar-refractivity contribution < 1.29 is 4.74 Å². The van der Waals surface area contributed by atoms with E-state index in [0.717, 1.165) is 25.0 Å². The average molecular weight is 282 g/mol. The summed E-state index contributed by atoms with van der Waals surface area (Å²) in [5.74, 6) is 1.54. The van der Waals surface area contributed by atoms with Crippen LogP contribution < -0.4 is 5.32 Å². The number of nitrogens with one attached hydrogen (secondary N) is 1. The highest BCUT2D eigenvalue weighted by atomic mass is 16.5. The summed E-state index contributed by atoms with van der Waals surface area (Å²) >= 11 is 0. The van der Waals surface area contributed by atoms with E-state index in [1.54, 1.807) is 0 Å². The molecular weight excluding hydrogens is 248 g/mol. The van der Waals surface area contributed by atoms with Gasteiger partial charge in [0.15, 0.2) is 0 Å². The monoisotopic (exact) mass is 282 g/mol. The van der Waals surface area contributed by atoms with Crippen LogP contribution in [0, 0.1) is 17.3 Å². The number of ether oxygens (including phenoxy) is 1. The van der Waals surface area contributed by atoms with Crippen molar-refractivity contribution in [1.82, 2.24) is 10.2 Å². The van der Waals surface area contributed by atoms with Gasteiger partial charge >= 0.3 is 0 Å². The van der Waals surface area contributed by atoms with Crippen molar-refractivity contribution in [1.29, 1.82) is 0 Å². The summed E-state index contributed by atoms with van der Waals surface area (Å²) in [5, 5.41) is 3.60. The van der Waals surface area contributed by atoms with Crippen LogP contribution in [0.15, 0.2) is 0 Å². The van der Waals surface area contributed by atoms with Gasteiger partial charge in [-0.3, -0.25) is 0 Å². The molecule has 1 saturated heterocycles. The van der Waals surface area contributed by atoms with Crippen molar-refractivity contribution in [3.05, 3.63) is 0 Å². The molecule has 0 bridgehead atoms. The van der Waals surface area contributed by atoms with Gasteiger partial charge in [0, 0.05) is 25.7 Å². The van der Waals surface area contributed by atoms with Crippen molar-refractivity contribution in [2.45, 2.75) is 52.0 Å². The van der Waals surface area contributed by atoms with E-state index in [0.29, 0.717) is 11.5 Å². The van der Waals surface area contributed by atoms with Crippen molar-refractivity contribution >= 4 is 0 Å². The first-order valence-corrected chi connectivity index (χ1v) is 8.46. The molecule has 1 aliphatic carbocycles. The molecule has 1 aliphatic heterocycles. The van der Waals surface area contributed by atoms with E-state index in [9.17, 15) is 0 Å². The number of hydrogen-bond acceptors (Lipinski definition) is 3. The maximum absolute atomic E-state index is 5.61. The molecule has 2 rings (SSSR count). The second-order valence-electron chi connectivity index (χ2n) is 7.71. The van der Waals surface area contributed by atoms with Gasteiger partial charge in [0.25, 0.3) is 0 Å². The number of nitrogens with zero attached hydrogens (tertiary/aromatic N) is 1. The van der Waals surface area contributed by atoms with Crippen molar-refractivity contribution in [2.75, 3.05) is 40.4 Å². The molecule has 3 atom stereocenters. The average Bonchev–Trinajstić information content (AvgIpc) is 2.39. The molecule has 1 heterocycles. The Labute approximate surface area is 125 Å². The van der Waals surface area contributed by atoms with E-state index in [2.05, 4.69) is 38.2 Å². The Kier molecular flexibility index (Phi) is 5.88. The lowest BCUT2D eigenvalue weighted by molar-refractivity contribution is 0.0330. The molecule has 3 nitrogen and oxygen atoms in total. The molecule has 0 amide bonds. The van der Waals surface area contributed by atoms with Crippen LogP contribution in [-0.2, 0) is 4.74 Å². The zero-order chi connectivity index (χ0) is 14.6. The van der Waals surface area contributed by atoms with Gasteiger partial charge in [0.1, 0.15) is 0 Å². The third-order valence-electron chi connectivity index (χ3n) is 5.39. The van der Waals surface area contributed by atoms with Crippen LogP contribution in [-0.4, -0.2) is 51.3 Å².